The maximum Gasteiger partial charge on any atom is 0.154 e. The molecule has 4 nitrogen and oxygen atoms in total. The summed E-state index contributed by atoms with van der Waals surface area (Å²) in [7, 11) is 0. The van der Waals surface area contributed by atoms with Gasteiger partial charge in [0, 0.05) is 25.5 Å². The van der Waals surface area contributed by atoms with Crippen LogP contribution in [0, 0.1) is 16.7 Å². The van der Waals surface area contributed by atoms with Crippen LogP contribution in [0.25, 0.3) is 0 Å². The largest absolute Gasteiger partial charge is 0.381 e. The molecule has 5 heteroatoms. The molecule has 0 bridgehead atoms. The minimum absolute atomic E-state index is 0.442. The Morgan fingerprint density at radius 1 is 1.61 bits per heavy atom. The Bertz CT molecular complexity index is 394. The molecule has 0 amide bonds. The van der Waals surface area contributed by atoms with Crippen molar-refractivity contribution in [2.24, 2.45) is 10.4 Å². The molecule has 0 spiro atoms. The van der Waals surface area contributed by atoms with Crippen LogP contribution in [0.5, 0.6) is 0 Å². The highest BCUT2D eigenvalue weighted by Crippen LogP contribution is 2.29. The standard InChI is InChI=1S/C13H18FN3O/c1-10-2-3-11(14)12(17-10)16-9-13(8-15)4-6-18-7-5-13/h2-3,11-12,16H,4-7,9H2,1H3. The second-order valence-electron chi connectivity index (χ2n) is 4.90. The summed E-state index contributed by atoms with van der Waals surface area (Å²) in [6.07, 6.45) is 2.88. The van der Waals surface area contributed by atoms with Crippen molar-refractivity contribution < 1.29 is 9.13 Å². The van der Waals surface area contributed by atoms with E-state index in [9.17, 15) is 9.65 Å². The maximum absolute atomic E-state index is 13.6. The fraction of sp³-hybridized carbons (Fsp3) is 0.692. The number of nitrogens with zero attached hydrogens (tertiary/aromatic N) is 2. The van der Waals surface area contributed by atoms with Gasteiger partial charge in [0.15, 0.2) is 6.17 Å². The number of hydrogen-bond acceptors (Lipinski definition) is 4. The predicted molar refractivity (Wildman–Crippen MR) is 67.0 cm³/mol. The van der Waals surface area contributed by atoms with Crippen molar-refractivity contribution in [2.45, 2.75) is 32.1 Å². The lowest BCUT2D eigenvalue weighted by atomic mass is 9.81. The SMILES string of the molecule is CC1=NC(NCC2(C#N)CCOCC2)C(F)C=C1. The summed E-state index contributed by atoms with van der Waals surface area (Å²) in [6, 6.07) is 2.35. The third-order valence-electron chi connectivity index (χ3n) is 3.50. The third kappa shape index (κ3) is 2.95. The number of rotatable bonds is 3. The van der Waals surface area contributed by atoms with Crippen molar-refractivity contribution in [1.29, 1.82) is 5.26 Å². The van der Waals surface area contributed by atoms with E-state index in [1.54, 1.807) is 6.08 Å². The second kappa shape index (κ2) is 5.59. The lowest BCUT2D eigenvalue weighted by Gasteiger charge is -2.32. The molecule has 0 saturated carbocycles. The van der Waals surface area contributed by atoms with Crippen LogP contribution in [0.15, 0.2) is 17.1 Å². The van der Waals surface area contributed by atoms with Crippen molar-refractivity contribution in [3.8, 4) is 6.07 Å². The third-order valence-corrected chi connectivity index (χ3v) is 3.50. The molecule has 0 aromatic carbocycles. The first-order chi connectivity index (χ1) is 8.65. The Hall–Kier alpha value is -1.25. The second-order valence-corrected chi connectivity index (χ2v) is 4.90. The number of hydrogen-bond donors (Lipinski definition) is 1. The number of aliphatic imine (C=N–C) groups is 1. The Balaban J connectivity index is 1.94. The molecule has 2 unspecified atom stereocenters. The van der Waals surface area contributed by atoms with Gasteiger partial charge in [-0.15, -0.1) is 0 Å². The molecule has 0 aliphatic carbocycles. The molecule has 1 fully saturated rings. The zero-order chi connectivity index (χ0) is 13.0. The van der Waals surface area contributed by atoms with Gasteiger partial charge >= 0.3 is 0 Å². The van der Waals surface area contributed by atoms with Gasteiger partial charge in [0.1, 0.15) is 6.17 Å². The van der Waals surface area contributed by atoms with Crippen LogP contribution in [-0.2, 0) is 4.74 Å². The van der Waals surface area contributed by atoms with Crippen LogP contribution in [0.1, 0.15) is 19.8 Å². The van der Waals surface area contributed by atoms with Crippen LogP contribution < -0.4 is 5.32 Å². The zero-order valence-electron chi connectivity index (χ0n) is 10.5. The van der Waals surface area contributed by atoms with Crippen LogP contribution in [0.2, 0.25) is 0 Å². The average molecular weight is 251 g/mol. The van der Waals surface area contributed by atoms with Gasteiger partial charge < -0.3 is 4.74 Å². The number of dihydropyridines is 1. The van der Waals surface area contributed by atoms with Gasteiger partial charge in [0.05, 0.1) is 11.5 Å². The Morgan fingerprint density at radius 3 is 3.00 bits per heavy atom. The summed E-state index contributed by atoms with van der Waals surface area (Å²) in [6.45, 7) is 3.50. The number of halogens is 1. The summed E-state index contributed by atoms with van der Waals surface area (Å²) < 4.78 is 18.9. The van der Waals surface area contributed by atoms with Crippen molar-refractivity contribution in [1.82, 2.24) is 5.32 Å². The number of ether oxygens (including phenoxy) is 1. The molecule has 0 aromatic rings. The van der Waals surface area contributed by atoms with Crippen LogP contribution >= 0.6 is 0 Å². The van der Waals surface area contributed by atoms with Crippen LogP contribution in [0.4, 0.5) is 4.39 Å². The molecular formula is C13H18FN3O. The molecule has 2 atom stereocenters. The van der Waals surface area contributed by atoms with Crippen molar-refractivity contribution in [3.63, 3.8) is 0 Å². The average Bonchev–Trinajstić information content (AvgIpc) is 2.41. The lowest BCUT2D eigenvalue weighted by molar-refractivity contribution is 0.0386. The van der Waals surface area contributed by atoms with E-state index in [4.69, 9.17) is 4.74 Å². The normalized spacial score (nSPS) is 30.6. The minimum Gasteiger partial charge on any atom is -0.381 e. The summed E-state index contributed by atoms with van der Waals surface area (Å²) in [5, 5.41) is 12.4. The van der Waals surface area contributed by atoms with Crippen molar-refractivity contribution in [3.05, 3.63) is 12.2 Å². The molecule has 1 saturated heterocycles. The molecule has 0 radical (unpaired) electrons. The van der Waals surface area contributed by atoms with E-state index >= 15 is 0 Å². The zero-order valence-corrected chi connectivity index (χ0v) is 10.5. The van der Waals surface area contributed by atoms with Gasteiger partial charge in [-0.05, 0) is 31.9 Å². The van der Waals surface area contributed by atoms with E-state index in [0.717, 1.165) is 5.71 Å². The van der Waals surface area contributed by atoms with Gasteiger partial charge in [0.2, 0.25) is 0 Å². The molecule has 2 aliphatic rings. The van der Waals surface area contributed by atoms with E-state index in [1.165, 1.54) is 6.08 Å². The monoisotopic (exact) mass is 251 g/mol. The van der Waals surface area contributed by atoms with E-state index in [2.05, 4.69) is 16.4 Å². The highest BCUT2D eigenvalue weighted by molar-refractivity contribution is 5.93. The first-order valence-electron chi connectivity index (χ1n) is 6.24. The van der Waals surface area contributed by atoms with Crippen LogP contribution in [0.3, 0.4) is 0 Å². The topological polar surface area (TPSA) is 57.4 Å². The Labute approximate surface area is 107 Å². The Morgan fingerprint density at radius 2 is 2.33 bits per heavy atom. The summed E-state index contributed by atoms with van der Waals surface area (Å²) in [4.78, 5) is 4.22. The smallest absolute Gasteiger partial charge is 0.154 e. The lowest BCUT2D eigenvalue weighted by Crippen LogP contribution is -2.45. The molecular weight excluding hydrogens is 233 g/mol. The van der Waals surface area contributed by atoms with E-state index in [1.807, 2.05) is 6.92 Å². The van der Waals surface area contributed by atoms with Gasteiger partial charge in [0.25, 0.3) is 0 Å². The first kappa shape index (κ1) is 13.2. The molecule has 18 heavy (non-hydrogen) atoms. The predicted octanol–water partition coefficient (Wildman–Crippen LogP) is 1.59. The minimum atomic E-state index is -1.12. The fourth-order valence-electron chi connectivity index (χ4n) is 2.22. The fourth-order valence-corrected chi connectivity index (χ4v) is 2.22. The number of nitrogens with one attached hydrogen (secondary N) is 1. The first-order valence-corrected chi connectivity index (χ1v) is 6.24. The molecule has 1 N–H and O–H groups in total. The quantitative estimate of drug-likeness (QED) is 0.828. The highest BCUT2D eigenvalue weighted by Gasteiger charge is 2.34. The van der Waals surface area contributed by atoms with Crippen molar-refractivity contribution >= 4 is 5.71 Å². The maximum atomic E-state index is 13.6. The number of alkyl halides is 1. The van der Waals surface area contributed by atoms with Gasteiger partial charge in [-0.25, -0.2) is 4.39 Å². The van der Waals surface area contributed by atoms with Crippen molar-refractivity contribution in [2.75, 3.05) is 19.8 Å². The molecule has 0 aromatic heterocycles. The molecule has 2 rings (SSSR count). The van der Waals surface area contributed by atoms with E-state index in [0.29, 0.717) is 32.6 Å². The molecule has 2 aliphatic heterocycles. The summed E-state index contributed by atoms with van der Waals surface area (Å²) in [5.41, 5.74) is 0.363. The molecule has 98 valence electrons. The van der Waals surface area contributed by atoms with Gasteiger partial charge in [-0.2, -0.15) is 5.26 Å². The molecule has 2 heterocycles. The van der Waals surface area contributed by atoms with E-state index < -0.39 is 17.8 Å². The Kier molecular flexibility index (Phi) is 4.10. The highest BCUT2D eigenvalue weighted by atomic mass is 19.1. The summed E-state index contributed by atoms with van der Waals surface area (Å²) in [5.74, 6) is 0. The van der Waals surface area contributed by atoms with Gasteiger partial charge in [-0.1, -0.05) is 0 Å². The van der Waals surface area contributed by atoms with Crippen LogP contribution in [-0.4, -0.2) is 37.8 Å². The number of nitriles is 1. The van der Waals surface area contributed by atoms with E-state index in [-0.39, 0.29) is 0 Å². The van der Waals surface area contributed by atoms with Gasteiger partial charge in [-0.3, -0.25) is 10.3 Å². The summed E-state index contributed by atoms with van der Waals surface area (Å²) >= 11 is 0. The number of allylic oxidation sites excluding steroid dienone is 1.